The molecule has 0 aliphatic rings. The van der Waals surface area contributed by atoms with Crippen molar-refractivity contribution >= 4 is 37.3 Å². The molecule has 0 unspecified atom stereocenters. The molecule has 0 radical (unpaired) electrons. The SMILES string of the molecule is CCn1c(-c2ccc(Br)cc2)csc1=NS(=O)(=O)c1ccccc1. The van der Waals surface area contributed by atoms with Gasteiger partial charge in [-0.15, -0.1) is 15.7 Å². The van der Waals surface area contributed by atoms with Crippen LogP contribution in [0.3, 0.4) is 0 Å². The van der Waals surface area contributed by atoms with Crippen LogP contribution in [0.15, 0.2) is 73.7 Å². The molecule has 3 rings (SSSR count). The van der Waals surface area contributed by atoms with E-state index in [1.165, 1.54) is 11.3 Å². The molecule has 1 aromatic heterocycles. The van der Waals surface area contributed by atoms with Crippen molar-refractivity contribution in [1.29, 1.82) is 0 Å². The summed E-state index contributed by atoms with van der Waals surface area (Å²) in [6.45, 7) is 2.61. The van der Waals surface area contributed by atoms with Gasteiger partial charge in [0.2, 0.25) is 4.80 Å². The average molecular weight is 423 g/mol. The van der Waals surface area contributed by atoms with E-state index >= 15 is 0 Å². The summed E-state index contributed by atoms with van der Waals surface area (Å²) in [5, 5.41) is 1.94. The average Bonchev–Trinajstić information content (AvgIpc) is 2.98. The first-order valence-electron chi connectivity index (χ1n) is 7.31. The van der Waals surface area contributed by atoms with Crippen LogP contribution in [0.25, 0.3) is 11.3 Å². The number of rotatable bonds is 4. The molecule has 0 aliphatic carbocycles. The van der Waals surface area contributed by atoms with Gasteiger partial charge in [-0.1, -0.05) is 46.3 Å². The van der Waals surface area contributed by atoms with E-state index in [9.17, 15) is 8.42 Å². The van der Waals surface area contributed by atoms with Crippen LogP contribution in [-0.2, 0) is 16.6 Å². The maximum Gasteiger partial charge on any atom is 0.285 e. The lowest BCUT2D eigenvalue weighted by Gasteiger charge is -2.06. The molecule has 2 aromatic carbocycles. The lowest BCUT2D eigenvalue weighted by atomic mass is 10.2. The van der Waals surface area contributed by atoms with Crippen LogP contribution >= 0.6 is 27.3 Å². The zero-order valence-electron chi connectivity index (χ0n) is 12.9. The molecule has 1 heterocycles. The first kappa shape index (κ1) is 17.1. The third-order valence-corrected chi connectivity index (χ3v) is 6.28. The Morgan fingerprint density at radius 3 is 2.38 bits per heavy atom. The van der Waals surface area contributed by atoms with Gasteiger partial charge in [0, 0.05) is 16.4 Å². The molecule has 0 bridgehead atoms. The van der Waals surface area contributed by atoms with Crippen molar-refractivity contribution in [2.24, 2.45) is 4.40 Å². The van der Waals surface area contributed by atoms with Crippen molar-refractivity contribution in [2.75, 3.05) is 0 Å². The molecular weight excluding hydrogens is 408 g/mol. The largest absolute Gasteiger partial charge is 0.316 e. The Balaban J connectivity index is 2.11. The lowest BCUT2D eigenvalue weighted by molar-refractivity contribution is 0.595. The van der Waals surface area contributed by atoms with E-state index < -0.39 is 10.0 Å². The van der Waals surface area contributed by atoms with Crippen LogP contribution in [0.1, 0.15) is 6.92 Å². The Kier molecular flexibility index (Phi) is 5.03. The van der Waals surface area contributed by atoms with Gasteiger partial charge in [0.25, 0.3) is 10.0 Å². The second kappa shape index (κ2) is 7.04. The number of sulfonamides is 1. The van der Waals surface area contributed by atoms with Crippen LogP contribution in [-0.4, -0.2) is 13.0 Å². The maximum atomic E-state index is 12.5. The highest BCUT2D eigenvalue weighted by Crippen LogP contribution is 2.22. The van der Waals surface area contributed by atoms with E-state index in [2.05, 4.69) is 20.3 Å². The fourth-order valence-electron chi connectivity index (χ4n) is 2.31. The summed E-state index contributed by atoms with van der Waals surface area (Å²) in [6.07, 6.45) is 0. The molecule has 124 valence electrons. The normalized spacial score (nSPS) is 12.5. The van der Waals surface area contributed by atoms with Gasteiger partial charge in [-0.05, 0) is 36.8 Å². The Morgan fingerprint density at radius 1 is 1.08 bits per heavy atom. The number of halogens is 1. The van der Waals surface area contributed by atoms with Crippen molar-refractivity contribution in [3.05, 3.63) is 69.3 Å². The highest BCUT2D eigenvalue weighted by Gasteiger charge is 2.14. The summed E-state index contributed by atoms with van der Waals surface area (Å²) in [5.41, 5.74) is 1.98. The summed E-state index contributed by atoms with van der Waals surface area (Å²) in [6, 6.07) is 16.2. The highest BCUT2D eigenvalue weighted by atomic mass is 79.9. The Labute approximate surface area is 153 Å². The molecule has 7 heteroatoms. The Morgan fingerprint density at radius 2 is 1.75 bits per heavy atom. The number of hydrogen-bond donors (Lipinski definition) is 0. The number of thiazole rings is 1. The van der Waals surface area contributed by atoms with Gasteiger partial charge in [-0.2, -0.15) is 8.42 Å². The summed E-state index contributed by atoms with van der Waals surface area (Å²) in [7, 11) is -3.71. The van der Waals surface area contributed by atoms with Gasteiger partial charge >= 0.3 is 0 Å². The van der Waals surface area contributed by atoms with E-state index in [0.717, 1.165) is 15.7 Å². The zero-order valence-corrected chi connectivity index (χ0v) is 16.1. The quantitative estimate of drug-likeness (QED) is 0.629. The van der Waals surface area contributed by atoms with Crippen LogP contribution in [0.2, 0.25) is 0 Å². The van der Waals surface area contributed by atoms with E-state index in [1.807, 2.05) is 41.1 Å². The summed E-state index contributed by atoms with van der Waals surface area (Å²) in [5.74, 6) is 0. The molecular formula is C17H15BrN2O2S2. The fourth-order valence-corrected chi connectivity index (χ4v) is 4.78. The van der Waals surface area contributed by atoms with Crippen molar-refractivity contribution in [2.45, 2.75) is 18.4 Å². The molecule has 0 spiro atoms. The minimum Gasteiger partial charge on any atom is -0.316 e. The monoisotopic (exact) mass is 422 g/mol. The minimum atomic E-state index is -3.71. The van der Waals surface area contributed by atoms with E-state index in [4.69, 9.17) is 0 Å². The van der Waals surface area contributed by atoms with Gasteiger partial charge in [0.05, 0.1) is 10.6 Å². The number of hydrogen-bond acceptors (Lipinski definition) is 3. The van der Waals surface area contributed by atoms with Crippen molar-refractivity contribution in [3.63, 3.8) is 0 Å². The zero-order chi connectivity index (χ0) is 17.2. The van der Waals surface area contributed by atoms with Crippen LogP contribution in [0.4, 0.5) is 0 Å². The molecule has 0 saturated heterocycles. The lowest BCUT2D eigenvalue weighted by Crippen LogP contribution is -2.17. The first-order chi connectivity index (χ1) is 11.5. The third-order valence-electron chi connectivity index (χ3n) is 3.49. The second-order valence-electron chi connectivity index (χ2n) is 5.03. The number of aromatic nitrogens is 1. The fraction of sp³-hybridized carbons (Fsp3) is 0.118. The number of benzene rings is 2. The molecule has 3 aromatic rings. The van der Waals surface area contributed by atoms with Gasteiger partial charge in [-0.3, -0.25) is 0 Å². The van der Waals surface area contributed by atoms with Crippen LogP contribution in [0, 0.1) is 0 Å². The third kappa shape index (κ3) is 3.53. The van der Waals surface area contributed by atoms with Gasteiger partial charge in [-0.25, -0.2) is 0 Å². The van der Waals surface area contributed by atoms with Gasteiger partial charge in [0.15, 0.2) is 0 Å². The van der Waals surface area contributed by atoms with E-state index in [0.29, 0.717) is 11.3 Å². The van der Waals surface area contributed by atoms with Crippen LogP contribution < -0.4 is 4.80 Å². The predicted octanol–water partition coefficient (Wildman–Crippen LogP) is 4.29. The van der Waals surface area contributed by atoms with Crippen molar-refractivity contribution in [1.82, 2.24) is 4.57 Å². The van der Waals surface area contributed by atoms with Crippen molar-refractivity contribution in [3.8, 4) is 11.3 Å². The molecule has 0 aliphatic heterocycles. The molecule has 0 saturated carbocycles. The predicted molar refractivity (Wildman–Crippen MR) is 100 cm³/mol. The highest BCUT2D eigenvalue weighted by molar-refractivity contribution is 9.10. The summed E-state index contributed by atoms with van der Waals surface area (Å²) >= 11 is 4.75. The minimum absolute atomic E-state index is 0.200. The summed E-state index contributed by atoms with van der Waals surface area (Å²) < 4.78 is 31.9. The molecule has 0 fully saturated rings. The standard InChI is InChI=1S/C17H15BrN2O2S2/c1-2-20-16(13-8-10-14(18)11-9-13)12-23-17(20)19-24(21,22)15-6-4-3-5-7-15/h3-12H,2H2,1H3. The molecule has 0 atom stereocenters. The van der Waals surface area contributed by atoms with Crippen molar-refractivity contribution < 1.29 is 8.42 Å². The second-order valence-corrected chi connectivity index (χ2v) is 8.39. The maximum absolute atomic E-state index is 12.5. The molecule has 0 N–H and O–H groups in total. The van der Waals surface area contributed by atoms with E-state index in [1.54, 1.807) is 30.3 Å². The first-order valence-corrected chi connectivity index (χ1v) is 10.4. The Hall–Kier alpha value is -1.70. The van der Waals surface area contributed by atoms with E-state index in [-0.39, 0.29) is 4.90 Å². The smallest absolute Gasteiger partial charge is 0.285 e. The Bertz CT molecular complexity index is 1000. The topological polar surface area (TPSA) is 51.4 Å². The number of nitrogens with zero attached hydrogens (tertiary/aromatic N) is 2. The van der Waals surface area contributed by atoms with Gasteiger partial charge < -0.3 is 4.57 Å². The molecule has 0 amide bonds. The molecule has 24 heavy (non-hydrogen) atoms. The van der Waals surface area contributed by atoms with Gasteiger partial charge in [0.1, 0.15) is 0 Å². The van der Waals surface area contributed by atoms with Crippen LogP contribution in [0.5, 0.6) is 0 Å². The molecule has 4 nitrogen and oxygen atoms in total. The summed E-state index contributed by atoms with van der Waals surface area (Å²) in [4.78, 5) is 0.672.